The number of benzene rings is 1. The highest BCUT2D eigenvalue weighted by atomic mass is 32.2. The number of imidazole rings is 1. The molecule has 8 nitrogen and oxygen atoms in total. The molecule has 1 saturated carbocycles. The normalized spacial score (nSPS) is 14.6. The molecule has 1 fully saturated rings. The summed E-state index contributed by atoms with van der Waals surface area (Å²) in [5, 5.41) is 11.9. The van der Waals surface area contributed by atoms with Crippen LogP contribution in [0.25, 0.3) is 21.7 Å². The Morgan fingerprint density at radius 3 is 2.69 bits per heavy atom. The van der Waals surface area contributed by atoms with Gasteiger partial charge < -0.3 is 4.57 Å². The molecule has 3 aromatic heterocycles. The zero-order chi connectivity index (χ0) is 22.5. The van der Waals surface area contributed by atoms with Crippen molar-refractivity contribution in [1.29, 1.82) is 0 Å². The molecule has 3 heterocycles. The van der Waals surface area contributed by atoms with Crippen molar-refractivity contribution in [2.75, 3.05) is 14.1 Å². The molecule has 1 aliphatic rings. The lowest BCUT2D eigenvalue weighted by Crippen LogP contribution is -2.22. The van der Waals surface area contributed by atoms with Crippen LogP contribution in [0.15, 0.2) is 45.8 Å². The monoisotopic (exact) mass is 488 g/mol. The van der Waals surface area contributed by atoms with Gasteiger partial charge in [0.1, 0.15) is 5.82 Å². The maximum atomic E-state index is 12.5. The van der Waals surface area contributed by atoms with E-state index in [1.54, 1.807) is 35.2 Å². The van der Waals surface area contributed by atoms with E-state index in [2.05, 4.69) is 37.7 Å². The van der Waals surface area contributed by atoms with E-state index in [4.69, 9.17) is 4.98 Å². The maximum absolute atomic E-state index is 12.5. The van der Waals surface area contributed by atoms with Crippen molar-refractivity contribution in [2.24, 2.45) is 0 Å². The molecule has 4 aromatic rings. The van der Waals surface area contributed by atoms with Crippen LogP contribution in [0.4, 0.5) is 0 Å². The highest BCUT2D eigenvalue weighted by Crippen LogP contribution is 2.42. The molecular weight excluding hydrogens is 464 g/mol. The quantitative estimate of drug-likeness (QED) is 0.345. The van der Waals surface area contributed by atoms with E-state index in [1.165, 1.54) is 18.4 Å². The van der Waals surface area contributed by atoms with Gasteiger partial charge >= 0.3 is 0 Å². The fourth-order valence-electron chi connectivity index (χ4n) is 3.73. The van der Waals surface area contributed by atoms with Gasteiger partial charge in [0.25, 0.3) is 0 Å². The maximum Gasteiger partial charge on any atom is 0.242 e. The number of hydrogen-bond acceptors (Lipinski definition) is 7. The van der Waals surface area contributed by atoms with Gasteiger partial charge in [-0.25, -0.2) is 17.7 Å². The first-order valence-electron chi connectivity index (χ1n) is 10.4. The van der Waals surface area contributed by atoms with Gasteiger partial charge in [-0.2, -0.15) is 0 Å². The molecule has 0 saturated heterocycles. The summed E-state index contributed by atoms with van der Waals surface area (Å²) >= 11 is 3.31. The van der Waals surface area contributed by atoms with Crippen molar-refractivity contribution in [1.82, 2.24) is 28.6 Å². The van der Waals surface area contributed by atoms with E-state index in [9.17, 15) is 8.42 Å². The molecule has 0 aliphatic heterocycles. The molecule has 11 heteroatoms. The van der Waals surface area contributed by atoms with Crippen molar-refractivity contribution in [2.45, 2.75) is 48.2 Å². The number of nitrogens with zero attached hydrogens (tertiary/aromatic N) is 6. The smallest absolute Gasteiger partial charge is 0.242 e. The first kappa shape index (κ1) is 21.6. The summed E-state index contributed by atoms with van der Waals surface area (Å²) in [7, 11) is -0.434. The molecule has 0 radical (unpaired) electrons. The van der Waals surface area contributed by atoms with E-state index in [0.717, 1.165) is 46.6 Å². The number of rotatable bonds is 8. The highest BCUT2D eigenvalue weighted by molar-refractivity contribution is 7.98. The van der Waals surface area contributed by atoms with E-state index in [1.807, 2.05) is 12.1 Å². The number of hydrogen-bond donors (Lipinski definition) is 0. The molecule has 168 valence electrons. The molecule has 5 rings (SSSR count). The average molecular weight is 489 g/mol. The second-order valence-corrected chi connectivity index (χ2v) is 11.9. The fourth-order valence-corrected chi connectivity index (χ4v) is 6.31. The second kappa shape index (κ2) is 8.29. The Bertz CT molecular complexity index is 1370. The first-order chi connectivity index (χ1) is 15.4. The predicted molar refractivity (Wildman–Crippen MR) is 127 cm³/mol. The Morgan fingerprint density at radius 2 is 2.03 bits per heavy atom. The van der Waals surface area contributed by atoms with Gasteiger partial charge in [-0.15, -0.1) is 21.5 Å². The zero-order valence-electron chi connectivity index (χ0n) is 18.1. The molecule has 0 unspecified atom stereocenters. The SMILES string of the molecule is CCn1c(CSc2nnc(-c3cccs3)n2C2CC2)nc2cc(S(=O)(=O)N(C)C)ccc21. The Morgan fingerprint density at radius 1 is 1.22 bits per heavy atom. The number of aryl methyl sites for hydroxylation is 1. The van der Waals surface area contributed by atoms with Crippen LogP contribution in [0.5, 0.6) is 0 Å². The van der Waals surface area contributed by atoms with Gasteiger partial charge in [-0.1, -0.05) is 17.8 Å². The standard InChI is InChI=1S/C21H24N6O2S3/c1-4-26-17-10-9-15(32(28,29)25(2)3)12-16(17)22-19(26)13-31-21-24-23-20(18-6-5-11-30-18)27(21)14-7-8-14/h5-6,9-12,14H,4,7-8,13H2,1-3H3. The van der Waals surface area contributed by atoms with Gasteiger partial charge in [0.15, 0.2) is 11.0 Å². The van der Waals surface area contributed by atoms with Crippen molar-refractivity contribution in [3.05, 3.63) is 41.5 Å². The van der Waals surface area contributed by atoms with Crippen molar-refractivity contribution < 1.29 is 8.42 Å². The summed E-state index contributed by atoms with van der Waals surface area (Å²) in [4.78, 5) is 6.17. The summed E-state index contributed by atoms with van der Waals surface area (Å²) in [6, 6.07) is 9.74. The second-order valence-electron chi connectivity index (χ2n) is 7.88. The summed E-state index contributed by atoms with van der Waals surface area (Å²) in [5.41, 5.74) is 1.62. The first-order valence-corrected chi connectivity index (χ1v) is 13.7. The molecule has 1 aliphatic carbocycles. The lowest BCUT2D eigenvalue weighted by Gasteiger charge is -2.11. The van der Waals surface area contributed by atoms with Crippen molar-refractivity contribution in [3.8, 4) is 10.7 Å². The third-order valence-electron chi connectivity index (χ3n) is 5.54. The van der Waals surface area contributed by atoms with Crippen LogP contribution in [0.1, 0.15) is 31.6 Å². The number of thiophene rings is 1. The van der Waals surface area contributed by atoms with Gasteiger partial charge in [0.2, 0.25) is 10.0 Å². The predicted octanol–water partition coefficient (Wildman–Crippen LogP) is 4.25. The zero-order valence-corrected chi connectivity index (χ0v) is 20.5. The summed E-state index contributed by atoms with van der Waals surface area (Å²) in [6.07, 6.45) is 2.31. The summed E-state index contributed by atoms with van der Waals surface area (Å²) in [6.45, 7) is 2.82. The number of aromatic nitrogens is 5. The molecule has 32 heavy (non-hydrogen) atoms. The molecule has 1 aromatic carbocycles. The fraction of sp³-hybridized carbons (Fsp3) is 0.381. The van der Waals surface area contributed by atoms with Gasteiger partial charge in [-0.3, -0.25) is 4.57 Å². The molecule has 0 N–H and O–H groups in total. The third-order valence-corrected chi connectivity index (χ3v) is 9.16. The van der Waals surface area contributed by atoms with Crippen LogP contribution in [0.2, 0.25) is 0 Å². The van der Waals surface area contributed by atoms with Crippen LogP contribution in [-0.2, 0) is 22.3 Å². The van der Waals surface area contributed by atoms with Crippen LogP contribution in [0.3, 0.4) is 0 Å². The van der Waals surface area contributed by atoms with Crippen molar-refractivity contribution in [3.63, 3.8) is 0 Å². The Hall–Kier alpha value is -2.21. The minimum Gasteiger partial charge on any atom is -0.328 e. The van der Waals surface area contributed by atoms with Gasteiger partial charge in [-0.05, 0) is 49.4 Å². The van der Waals surface area contributed by atoms with E-state index >= 15 is 0 Å². The molecule has 0 atom stereocenters. The molecule has 0 amide bonds. The van der Waals surface area contributed by atoms with Crippen LogP contribution < -0.4 is 0 Å². The van der Waals surface area contributed by atoms with Crippen LogP contribution in [0, 0.1) is 0 Å². The molecule has 0 bridgehead atoms. The minimum atomic E-state index is -3.50. The number of sulfonamides is 1. The molecular formula is C21H24N6O2S3. The van der Waals surface area contributed by atoms with Crippen molar-refractivity contribution >= 4 is 44.2 Å². The number of thioether (sulfide) groups is 1. The minimum absolute atomic E-state index is 0.254. The largest absolute Gasteiger partial charge is 0.328 e. The lowest BCUT2D eigenvalue weighted by molar-refractivity contribution is 0.521. The Kier molecular flexibility index (Phi) is 5.60. The highest BCUT2D eigenvalue weighted by Gasteiger charge is 2.30. The summed E-state index contributed by atoms with van der Waals surface area (Å²) < 4.78 is 30.7. The van der Waals surface area contributed by atoms with E-state index < -0.39 is 10.0 Å². The van der Waals surface area contributed by atoms with Crippen LogP contribution in [-0.4, -0.2) is 51.1 Å². The van der Waals surface area contributed by atoms with Gasteiger partial charge in [0.05, 0.1) is 26.6 Å². The topological polar surface area (TPSA) is 85.9 Å². The lowest BCUT2D eigenvalue weighted by atomic mass is 10.3. The molecule has 0 spiro atoms. The van der Waals surface area contributed by atoms with E-state index in [0.29, 0.717) is 17.3 Å². The number of fused-ring (bicyclic) bond motifs is 1. The Labute approximate surface area is 195 Å². The van der Waals surface area contributed by atoms with Crippen LogP contribution >= 0.6 is 23.1 Å². The summed E-state index contributed by atoms with van der Waals surface area (Å²) in [5.74, 6) is 2.47. The third kappa shape index (κ3) is 3.76. The average Bonchev–Trinajstić information content (AvgIpc) is 3.17. The van der Waals surface area contributed by atoms with E-state index in [-0.39, 0.29) is 4.90 Å². The van der Waals surface area contributed by atoms with Gasteiger partial charge in [0, 0.05) is 26.7 Å². The Balaban J connectivity index is 1.46.